The zero-order chi connectivity index (χ0) is 17.9. The summed E-state index contributed by atoms with van der Waals surface area (Å²) in [4.78, 5) is 25.5. The third-order valence-electron chi connectivity index (χ3n) is 5.63. The Morgan fingerprint density at radius 1 is 1.12 bits per heavy atom. The van der Waals surface area contributed by atoms with Gasteiger partial charge in [-0.2, -0.15) is 0 Å². The minimum Gasteiger partial charge on any atom is -0.356 e. The normalized spacial score (nSPS) is 22.8. The predicted molar refractivity (Wildman–Crippen MR) is 100 cm³/mol. The molecule has 0 bridgehead atoms. The lowest BCUT2D eigenvalue weighted by Gasteiger charge is -2.29. The van der Waals surface area contributed by atoms with Crippen molar-refractivity contribution in [3.8, 4) is 11.3 Å². The van der Waals surface area contributed by atoms with Crippen molar-refractivity contribution in [3.63, 3.8) is 0 Å². The standard InChI is InChI=1S/C21H26N4O/c1-14-23-13-18(19-4-2-3-11-22-19)20(25-14)16-7-5-15(6-8-16)12-24-21(26)17-9-10-17/h2-4,11,13,15-17H,5-10,12H2,1H3,(H,24,26). The number of carbonyl (C=O) groups is 1. The molecular weight excluding hydrogens is 324 g/mol. The molecule has 0 aliphatic heterocycles. The second kappa shape index (κ2) is 7.52. The molecule has 0 spiro atoms. The van der Waals surface area contributed by atoms with Gasteiger partial charge < -0.3 is 5.32 Å². The smallest absolute Gasteiger partial charge is 0.223 e. The fourth-order valence-corrected chi connectivity index (χ4v) is 3.89. The molecule has 0 radical (unpaired) electrons. The Labute approximate surface area is 154 Å². The van der Waals surface area contributed by atoms with E-state index in [0.717, 1.165) is 67.8 Å². The van der Waals surface area contributed by atoms with Crippen LogP contribution in [0.5, 0.6) is 0 Å². The van der Waals surface area contributed by atoms with Gasteiger partial charge in [0.25, 0.3) is 0 Å². The van der Waals surface area contributed by atoms with Gasteiger partial charge >= 0.3 is 0 Å². The Bertz CT molecular complexity index is 765. The van der Waals surface area contributed by atoms with E-state index in [0.29, 0.717) is 17.8 Å². The fourth-order valence-electron chi connectivity index (χ4n) is 3.89. The van der Waals surface area contributed by atoms with E-state index in [-0.39, 0.29) is 5.91 Å². The Morgan fingerprint density at radius 3 is 2.62 bits per heavy atom. The number of pyridine rings is 1. The summed E-state index contributed by atoms with van der Waals surface area (Å²) in [5, 5.41) is 3.14. The number of hydrogen-bond donors (Lipinski definition) is 1. The van der Waals surface area contributed by atoms with Gasteiger partial charge in [-0.25, -0.2) is 9.97 Å². The van der Waals surface area contributed by atoms with Crippen molar-refractivity contribution in [2.24, 2.45) is 11.8 Å². The van der Waals surface area contributed by atoms with Gasteiger partial charge in [-0.05, 0) is 63.5 Å². The van der Waals surface area contributed by atoms with Crippen LogP contribution in [0.4, 0.5) is 0 Å². The molecule has 0 saturated heterocycles. The van der Waals surface area contributed by atoms with Crippen LogP contribution in [0.25, 0.3) is 11.3 Å². The van der Waals surface area contributed by atoms with Crippen LogP contribution in [0.15, 0.2) is 30.6 Å². The number of hydrogen-bond acceptors (Lipinski definition) is 4. The van der Waals surface area contributed by atoms with E-state index in [1.54, 1.807) is 0 Å². The van der Waals surface area contributed by atoms with Crippen molar-refractivity contribution in [3.05, 3.63) is 42.1 Å². The molecule has 0 atom stereocenters. The van der Waals surface area contributed by atoms with Crippen LogP contribution < -0.4 is 5.32 Å². The molecule has 1 amide bonds. The van der Waals surface area contributed by atoms with Crippen molar-refractivity contribution >= 4 is 5.91 Å². The SMILES string of the molecule is Cc1ncc(-c2ccccn2)c(C2CCC(CNC(=O)C3CC3)CC2)n1. The van der Waals surface area contributed by atoms with Crippen molar-refractivity contribution in [2.75, 3.05) is 6.54 Å². The first-order valence-corrected chi connectivity index (χ1v) is 9.73. The van der Waals surface area contributed by atoms with Gasteiger partial charge in [0.2, 0.25) is 5.91 Å². The molecule has 2 aromatic rings. The second-order valence-corrected chi connectivity index (χ2v) is 7.67. The molecule has 2 saturated carbocycles. The summed E-state index contributed by atoms with van der Waals surface area (Å²) in [5.74, 6) is 2.42. The Morgan fingerprint density at radius 2 is 1.92 bits per heavy atom. The van der Waals surface area contributed by atoms with Crippen LogP contribution in [0, 0.1) is 18.8 Å². The number of rotatable bonds is 5. The van der Waals surface area contributed by atoms with Gasteiger partial charge in [0, 0.05) is 36.3 Å². The molecule has 136 valence electrons. The lowest BCUT2D eigenvalue weighted by Crippen LogP contribution is -2.32. The highest BCUT2D eigenvalue weighted by molar-refractivity contribution is 5.80. The summed E-state index contributed by atoms with van der Waals surface area (Å²) in [5.41, 5.74) is 3.14. The van der Waals surface area contributed by atoms with Gasteiger partial charge in [0.15, 0.2) is 0 Å². The molecule has 2 aromatic heterocycles. The van der Waals surface area contributed by atoms with E-state index in [9.17, 15) is 4.79 Å². The van der Waals surface area contributed by atoms with E-state index in [4.69, 9.17) is 4.98 Å². The highest BCUT2D eigenvalue weighted by atomic mass is 16.2. The molecule has 5 heteroatoms. The third kappa shape index (κ3) is 3.92. The maximum absolute atomic E-state index is 11.8. The second-order valence-electron chi connectivity index (χ2n) is 7.67. The number of nitrogens with zero attached hydrogens (tertiary/aromatic N) is 3. The molecule has 26 heavy (non-hydrogen) atoms. The lowest BCUT2D eigenvalue weighted by molar-refractivity contribution is -0.122. The number of aryl methyl sites for hydroxylation is 1. The molecule has 1 N–H and O–H groups in total. The molecule has 0 unspecified atom stereocenters. The van der Waals surface area contributed by atoms with E-state index in [1.165, 1.54) is 0 Å². The summed E-state index contributed by atoms with van der Waals surface area (Å²) in [6, 6.07) is 5.96. The largest absolute Gasteiger partial charge is 0.356 e. The Kier molecular flexibility index (Phi) is 4.96. The number of amides is 1. The molecule has 5 nitrogen and oxygen atoms in total. The maximum Gasteiger partial charge on any atom is 0.223 e. The van der Waals surface area contributed by atoms with Crippen LogP contribution in [-0.2, 0) is 4.79 Å². The van der Waals surface area contributed by atoms with Crippen LogP contribution in [-0.4, -0.2) is 27.4 Å². The zero-order valence-corrected chi connectivity index (χ0v) is 15.3. The van der Waals surface area contributed by atoms with Crippen LogP contribution in [0.3, 0.4) is 0 Å². The minimum absolute atomic E-state index is 0.260. The Balaban J connectivity index is 1.42. The molecule has 2 aliphatic rings. The summed E-state index contributed by atoms with van der Waals surface area (Å²) >= 11 is 0. The summed E-state index contributed by atoms with van der Waals surface area (Å²) in [6.45, 7) is 2.78. The fraction of sp³-hybridized carbons (Fsp3) is 0.524. The van der Waals surface area contributed by atoms with Gasteiger partial charge in [-0.1, -0.05) is 6.07 Å². The summed E-state index contributed by atoms with van der Waals surface area (Å²) in [6.07, 6.45) is 10.4. The van der Waals surface area contributed by atoms with Crippen LogP contribution >= 0.6 is 0 Å². The van der Waals surface area contributed by atoms with Crippen LogP contribution in [0.1, 0.15) is 56.0 Å². The first-order chi connectivity index (χ1) is 12.7. The number of carbonyl (C=O) groups excluding carboxylic acids is 1. The average Bonchev–Trinajstić information content (AvgIpc) is 3.52. The van der Waals surface area contributed by atoms with Gasteiger partial charge in [-0.3, -0.25) is 9.78 Å². The zero-order valence-electron chi connectivity index (χ0n) is 15.3. The van der Waals surface area contributed by atoms with Crippen LogP contribution in [0.2, 0.25) is 0 Å². The highest BCUT2D eigenvalue weighted by Crippen LogP contribution is 2.38. The minimum atomic E-state index is 0.260. The molecule has 2 aliphatic carbocycles. The Hall–Kier alpha value is -2.30. The first-order valence-electron chi connectivity index (χ1n) is 9.73. The lowest BCUT2D eigenvalue weighted by atomic mass is 9.79. The molecule has 2 fully saturated rings. The van der Waals surface area contributed by atoms with Gasteiger partial charge in [0.1, 0.15) is 5.82 Å². The van der Waals surface area contributed by atoms with Crippen molar-refractivity contribution < 1.29 is 4.79 Å². The predicted octanol–water partition coefficient (Wildman–Crippen LogP) is 3.65. The number of nitrogens with one attached hydrogen (secondary N) is 1. The third-order valence-corrected chi connectivity index (χ3v) is 5.63. The molecule has 0 aromatic carbocycles. The van der Waals surface area contributed by atoms with E-state index in [1.807, 2.05) is 37.5 Å². The first kappa shape index (κ1) is 17.1. The van der Waals surface area contributed by atoms with Crippen molar-refractivity contribution in [1.82, 2.24) is 20.3 Å². The molecule has 2 heterocycles. The maximum atomic E-state index is 11.8. The summed E-state index contributed by atoms with van der Waals surface area (Å²) < 4.78 is 0. The quantitative estimate of drug-likeness (QED) is 0.894. The molecule has 4 rings (SSSR count). The van der Waals surface area contributed by atoms with Gasteiger partial charge in [-0.15, -0.1) is 0 Å². The summed E-state index contributed by atoms with van der Waals surface area (Å²) in [7, 11) is 0. The number of aromatic nitrogens is 3. The highest BCUT2D eigenvalue weighted by Gasteiger charge is 2.31. The van der Waals surface area contributed by atoms with E-state index in [2.05, 4.69) is 15.3 Å². The average molecular weight is 350 g/mol. The molecular formula is C21H26N4O. The van der Waals surface area contributed by atoms with E-state index >= 15 is 0 Å². The van der Waals surface area contributed by atoms with Gasteiger partial charge in [0.05, 0.1) is 11.4 Å². The monoisotopic (exact) mass is 350 g/mol. The van der Waals surface area contributed by atoms with Crippen molar-refractivity contribution in [2.45, 2.75) is 51.4 Å². The topological polar surface area (TPSA) is 67.8 Å². The van der Waals surface area contributed by atoms with E-state index < -0.39 is 0 Å². The van der Waals surface area contributed by atoms with Crippen molar-refractivity contribution in [1.29, 1.82) is 0 Å².